The molecule has 0 amide bonds. The second kappa shape index (κ2) is 5.33. The summed E-state index contributed by atoms with van der Waals surface area (Å²) in [4.78, 5) is 1.29. The van der Waals surface area contributed by atoms with E-state index in [9.17, 15) is 0 Å². The van der Waals surface area contributed by atoms with Crippen molar-refractivity contribution < 1.29 is 0 Å². The molecule has 3 nitrogen and oxygen atoms in total. The third-order valence-corrected chi connectivity index (χ3v) is 4.62. The van der Waals surface area contributed by atoms with Gasteiger partial charge in [-0.1, -0.05) is 0 Å². The molecule has 1 atom stereocenters. The lowest BCUT2D eigenvalue weighted by molar-refractivity contribution is 0.485. The van der Waals surface area contributed by atoms with E-state index < -0.39 is 0 Å². The van der Waals surface area contributed by atoms with Crippen LogP contribution in [0.25, 0.3) is 0 Å². The molecule has 0 saturated heterocycles. The van der Waals surface area contributed by atoms with Gasteiger partial charge in [0.2, 0.25) is 0 Å². The van der Waals surface area contributed by atoms with E-state index in [0.717, 1.165) is 4.47 Å². The number of nitrogens with one attached hydrogen (secondary N) is 1. The van der Waals surface area contributed by atoms with Crippen LogP contribution in [0.5, 0.6) is 0 Å². The summed E-state index contributed by atoms with van der Waals surface area (Å²) in [6, 6.07) is 4.72. The summed E-state index contributed by atoms with van der Waals surface area (Å²) in [6.45, 7) is 4.29. The Morgan fingerprint density at radius 1 is 1.41 bits per heavy atom. The van der Waals surface area contributed by atoms with Crippen molar-refractivity contribution in [3.8, 4) is 0 Å². The zero-order valence-corrected chi connectivity index (χ0v) is 12.5. The lowest BCUT2D eigenvalue weighted by Gasteiger charge is -2.19. The molecular weight excluding hydrogens is 298 g/mol. The van der Waals surface area contributed by atoms with Crippen molar-refractivity contribution in [2.75, 3.05) is 7.05 Å². The fourth-order valence-corrected chi connectivity index (χ4v) is 3.63. The molecular formula is C12H16BrN3S. The SMILES string of the molecule is CNC(c1sccc1Br)c1ccnn1C(C)C. The van der Waals surface area contributed by atoms with Crippen molar-refractivity contribution in [2.24, 2.45) is 0 Å². The monoisotopic (exact) mass is 313 g/mol. The molecule has 0 aromatic carbocycles. The molecule has 0 saturated carbocycles. The van der Waals surface area contributed by atoms with Crippen molar-refractivity contribution in [1.82, 2.24) is 15.1 Å². The van der Waals surface area contributed by atoms with Crippen molar-refractivity contribution >= 4 is 27.3 Å². The first-order chi connectivity index (χ1) is 8.15. The van der Waals surface area contributed by atoms with Crippen LogP contribution in [0.2, 0.25) is 0 Å². The maximum atomic E-state index is 4.39. The van der Waals surface area contributed by atoms with E-state index in [4.69, 9.17) is 0 Å². The highest BCUT2D eigenvalue weighted by atomic mass is 79.9. The van der Waals surface area contributed by atoms with Gasteiger partial charge in [0.1, 0.15) is 0 Å². The van der Waals surface area contributed by atoms with Gasteiger partial charge in [-0.15, -0.1) is 11.3 Å². The van der Waals surface area contributed by atoms with Crippen molar-refractivity contribution in [3.05, 3.63) is 38.8 Å². The molecule has 2 heterocycles. The Morgan fingerprint density at radius 3 is 2.71 bits per heavy atom. The third kappa shape index (κ3) is 2.46. The lowest BCUT2D eigenvalue weighted by Crippen LogP contribution is -2.21. The molecule has 0 aliphatic rings. The first-order valence-electron chi connectivity index (χ1n) is 5.58. The Morgan fingerprint density at radius 2 is 2.18 bits per heavy atom. The average Bonchev–Trinajstić information content (AvgIpc) is 2.90. The van der Waals surface area contributed by atoms with Crippen molar-refractivity contribution in [1.29, 1.82) is 0 Å². The van der Waals surface area contributed by atoms with Crippen LogP contribution in [0.1, 0.15) is 36.5 Å². The molecule has 5 heteroatoms. The minimum atomic E-state index is 0.189. The molecule has 0 aliphatic carbocycles. The Hall–Kier alpha value is -0.650. The number of nitrogens with zero attached hydrogens (tertiary/aromatic N) is 2. The molecule has 2 rings (SSSR count). The van der Waals surface area contributed by atoms with Crippen LogP contribution >= 0.6 is 27.3 Å². The Kier molecular flexibility index (Phi) is 4.01. The van der Waals surface area contributed by atoms with Gasteiger partial charge >= 0.3 is 0 Å². The number of halogens is 1. The molecule has 0 bridgehead atoms. The summed E-state index contributed by atoms with van der Waals surface area (Å²) >= 11 is 5.35. The van der Waals surface area contributed by atoms with E-state index in [1.807, 2.05) is 13.2 Å². The molecule has 1 N–H and O–H groups in total. The van der Waals surface area contributed by atoms with Crippen LogP contribution in [0, 0.1) is 0 Å². The van der Waals surface area contributed by atoms with Gasteiger partial charge in [0.05, 0.1) is 11.7 Å². The molecule has 0 spiro atoms. The first kappa shape index (κ1) is 12.8. The molecule has 0 aliphatic heterocycles. The van der Waals surface area contributed by atoms with E-state index in [0.29, 0.717) is 6.04 Å². The summed E-state index contributed by atoms with van der Waals surface area (Å²) in [6.07, 6.45) is 1.86. The fourth-order valence-electron chi connectivity index (χ4n) is 1.91. The van der Waals surface area contributed by atoms with Gasteiger partial charge in [0.15, 0.2) is 0 Å². The number of rotatable bonds is 4. The van der Waals surface area contributed by atoms with E-state index in [-0.39, 0.29) is 6.04 Å². The number of thiophene rings is 1. The maximum Gasteiger partial charge on any atom is 0.0850 e. The highest BCUT2D eigenvalue weighted by Crippen LogP contribution is 2.33. The Balaban J connectivity index is 2.43. The van der Waals surface area contributed by atoms with Crippen molar-refractivity contribution in [3.63, 3.8) is 0 Å². The quantitative estimate of drug-likeness (QED) is 0.934. The van der Waals surface area contributed by atoms with Crippen LogP contribution in [0.4, 0.5) is 0 Å². The van der Waals surface area contributed by atoms with Crippen LogP contribution in [-0.2, 0) is 0 Å². The van der Waals surface area contributed by atoms with Crippen LogP contribution < -0.4 is 5.32 Å². The summed E-state index contributed by atoms with van der Waals surface area (Å²) in [5.74, 6) is 0. The second-order valence-electron chi connectivity index (χ2n) is 4.15. The van der Waals surface area contributed by atoms with Gasteiger partial charge in [-0.25, -0.2) is 0 Å². The first-order valence-corrected chi connectivity index (χ1v) is 7.26. The maximum absolute atomic E-state index is 4.39. The van der Waals surface area contributed by atoms with Gasteiger partial charge in [0, 0.05) is 21.6 Å². The standard InChI is InChI=1S/C12H16BrN3S/c1-8(2)16-10(4-6-15-16)11(14-3)12-9(13)5-7-17-12/h4-8,11,14H,1-3H3. The van der Waals surface area contributed by atoms with Gasteiger partial charge in [-0.2, -0.15) is 5.10 Å². The number of aromatic nitrogens is 2. The van der Waals surface area contributed by atoms with Gasteiger partial charge < -0.3 is 5.32 Å². The van der Waals surface area contributed by atoms with E-state index in [2.05, 4.69) is 62.4 Å². The minimum absolute atomic E-state index is 0.189. The fraction of sp³-hybridized carbons (Fsp3) is 0.417. The summed E-state index contributed by atoms with van der Waals surface area (Å²) < 4.78 is 3.21. The molecule has 2 aromatic heterocycles. The Bertz CT molecular complexity index is 489. The smallest absolute Gasteiger partial charge is 0.0850 e. The minimum Gasteiger partial charge on any atom is -0.307 e. The Labute approximate surface area is 114 Å². The van der Waals surface area contributed by atoms with Crippen LogP contribution in [0.3, 0.4) is 0 Å². The normalized spacial score (nSPS) is 13.2. The van der Waals surface area contributed by atoms with Crippen LogP contribution in [0.15, 0.2) is 28.2 Å². The largest absolute Gasteiger partial charge is 0.307 e. The van der Waals surface area contributed by atoms with Gasteiger partial charge in [-0.3, -0.25) is 4.68 Å². The number of hydrogen-bond acceptors (Lipinski definition) is 3. The second-order valence-corrected chi connectivity index (χ2v) is 5.95. The van der Waals surface area contributed by atoms with Crippen molar-refractivity contribution in [2.45, 2.75) is 25.9 Å². The third-order valence-electron chi connectivity index (χ3n) is 2.68. The molecule has 2 aromatic rings. The van der Waals surface area contributed by atoms with Gasteiger partial charge in [-0.05, 0) is 54.3 Å². The van der Waals surface area contributed by atoms with E-state index in [1.165, 1.54) is 10.6 Å². The van der Waals surface area contributed by atoms with Gasteiger partial charge in [0.25, 0.3) is 0 Å². The molecule has 1 unspecified atom stereocenters. The topological polar surface area (TPSA) is 29.9 Å². The van der Waals surface area contributed by atoms with Crippen LogP contribution in [-0.4, -0.2) is 16.8 Å². The predicted octanol–water partition coefficient (Wildman–Crippen LogP) is 3.60. The zero-order chi connectivity index (χ0) is 12.4. The number of hydrogen-bond donors (Lipinski definition) is 1. The highest BCUT2D eigenvalue weighted by Gasteiger charge is 2.20. The van der Waals surface area contributed by atoms with E-state index >= 15 is 0 Å². The average molecular weight is 314 g/mol. The molecule has 92 valence electrons. The summed E-state index contributed by atoms with van der Waals surface area (Å²) in [5.41, 5.74) is 1.20. The summed E-state index contributed by atoms with van der Waals surface area (Å²) in [7, 11) is 1.98. The molecule has 0 radical (unpaired) electrons. The predicted molar refractivity (Wildman–Crippen MR) is 75.5 cm³/mol. The molecule has 17 heavy (non-hydrogen) atoms. The highest BCUT2D eigenvalue weighted by molar-refractivity contribution is 9.10. The van der Waals surface area contributed by atoms with E-state index in [1.54, 1.807) is 11.3 Å². The zero-order valence-electron chi connectivity index (χ0n) is 10.1. The lowest BCUT2D eigenvalue weighted by atomic mass is 10.1. The summed E-state index contributed by atoms with van der Waals surface area (Å²) in [5, 5.41) is 9.85. The molecule has 0 fully saturated rings.